The van der Waals surface area contributed by atoms with Gasteiger partial charge in [-0.2, -0.15) is 0 Å². The van der Waals surface area contributed by atoms with E-state index >= 15 is 0 Å². The van der Waals surface area contributed by atoms with E-state index in [9.17, 15) is 23.0 Å². The molecule has 0 saturated heterocycles. The van der Waals surface area contributed by atoms with Crippen molar-refractivity contribution in [1.29, 1.82) is 0 Å². The van der Waals surface area contributed by atoms with Crippen LogP contribution >= 0.6 is 0 Å². The largest absolute Gasteiger partial charge is 0.390 e. The molecule has 2 aliphatic rings. The Morgan fingerprint density at radius 2 is 1.69 bits per heavy atom. The number of rotatable bonds is 7. The minimum Gasteiger partial charge on any atom is -0.390 e. The fourth-order valence-corrected chi connectivity index (χ4v) is 5.71. The quantitative estimate of drug-likeness (QED) is 0.505. The average Bonchev–Trinajstić information content (AvgIpc) is 3.09. The van der Waals surface area contributed by atoms with Gasteiger partial charge >= 0.3 is 0 Å². The van der Waals surface area contributed by atoms with E-state index in [-0.39, 0.29) is 11.4 Å². The molecule has 0 aliphatic carbocycles. The third kappa shape index (κ3) is 5.10. The number of hydrogen-bond donors (Lipinski definition) is 2. The lowest BCUT2D eigenvalue weighted by atomic mass is 10.00. The molecule has 0 radical (unpaired) electrons. The molecule has 7 nitrogen and oxygen atoms in total. The summed E-state index contributed by atoms with van der Waals surface area (Å²) in [4.78, 5) is 5.75. The van der Waals surface area contributed by atoms with Crippen molar-refractivity contribution in [2.45, 2.75) is 36.9 Å². The molecular formula is C27H30FN3O4S. The van der Waals surface area contributed by atoms with Gasteiger partial charge in [0.25, 0.3) is 0 Å². The monoisotopic (exact) mass is 511 g/mol. The second-order valence-corrected chi connectivity index (χ2v) is 11.6. The van der Waals surface area contributed by atoms with Gasteiger partial charge in [0.05, 0.1) is 22.4 Å². The summed E-state index contributed by atoms with van der Waals surface area (Å²) in [5.41, 5.74) is 4.56. The number of aliphatic hydroxyl groups excluding tert-OH is 2. The minimum absolute atomic E-state index is 0.138. The lowest BCUT2D eigenvalue weighted by Gasteiger charge is -2.33. The van der Waals surface area contributed by atoms with Gasteiger partial charge < -0.3 is 20.0 Å². The van der Waals surface area contributed by atoms with Gasteiger partial charge in [0.2, 0.25) is 6.35 Å². The number of fused-ring (bicyclic) bond motifs is 2. The van der Waals surface area contributed by atoms with E-state index in [0.29, 0.717) is 24.5 Å². The second-order valence-electron chi connectivity index (χ2n) is 9.58. The Morgan fingerprint density at radius 3 is 2.42 bits per heavy atom. The third-order valence-electron chi connectivity index (χ3n) is 6.90. The van der Waals surface area contributed by atoms with E-state index in [1.165, 1.54) is 35.4 Å². The fraction of sp³-hybridized carbons (Fsp3) is 0.333. The molecule has 0 aromatic heterocycles. The summed E-state index contributed by atoms with van der Waals surface area (Å²) in [6.45, 7) is 2.47. The maximum Gasteiger partial charge on any atom is 0.208 e. The Kier molecular flexibility index (Phi) is 6.74. The van der Waals surface area contributed by atoms with Crippen molar-refractivity contribution < 1.29 is 23.0 Å². The van der Waals surface area contributed by atoms with Crippen LogP contribution in [0.25, 0.3) is 0 Å². The van der Waals surface area contributed by atoms with Crippen molar-refractivity contribution >= 4 is 21.2 Å². The number of benzene rings is 3. The summed E-state index contributed by atoms with van der Waals surface area (Å²) >= 11 is 0. The molecule has 2 unspecified atom stereocenters. The first-order chi connectivity index (χ1) is 17.2. The standard InChI is InChI=1S/C27H30FN3O4S/c1-36(34,35)24-9-6-19(7-10-24)15-30-25-11-8-22(28)14-26(25)31(27(30)33)18-23(32)17-29-13-12-20-4-2-3-5-21(20)16-29/h2-11,14,23,27,32-33H,12-13,15-18H2,1H3. The van der Waals surface area contributed by atoms with Gasteiger partial charge in [0.15, 0.2) is 9.84 Å². The van der Waals surface area contributed by atoms with Gasteiger partial charge in [-0.05, 0) is 53.4 Å². The Labute approximate surface area is 210 Å². The second kappa shape index (κ2) is 9.82. The zero-order valence-corrected chi connectivity index (χ0v) is 20.9. The normalized spacial score (nSPS) is 18.7. The van der Waals surface area contributed by atoms with E-state index in [0.717, 1.165) is 31.3 Å². The number of aliphatic hydroxyl groups is 2. The Hall–Kier alpha value is -2.98. The molecule has 0 amide bonds. The van der Waals surface area contributed by atoms with Crippen LogP contribution in [0.3, 0.4) is 0 Å². The SMILES string of the molecule is CS(=O)(=O)c1ccc(CN2c3ccc(F)cc3N(CC(O)CN3CCc4ccccc4C3)C2O)cc1. The number of halogens is 1. The molecule has 190 valence electrons. The summed E-state index contributed by atoms with van der Waals surface area (Å²) in [5, 5.41) is 22.1. The fourth-order valence-electron chi connectivity index (χ4n) is 5.08. The highest BCUT2D eigenvalue weighted by Crippen LogP contribution is 2.40. The van der Waals surface area contributed by atoms with Crippen LogP contribution in [0.5, 0.6) is 0 Å². The predicted octanol–water partition coefficient (Wildman–Crippen LogP) is 2.75. The highest BCUT2D eigenvalue weighted by atomic mass is 32.2. The maximum absolute atomic E-state index is 14.2. The van der Waals surface area contributed by atoms with Crippen LogP contribution in [0, 0.1) is 5.82 Å². The van der Waals surface area contributed by atoms with E-state index in [2.05, 4.69) is 17.0 Å². The van der Waals surface area contributed by atoms with Gasteiger partial charge in [0.1, 0.15) is 5.82 Å². The molecule has 3 aromatic carbocycles. The number of β-amino-alcohol motifs (C(OH)–C–C–N with tert-alkyl or cyclic N) is 1. The zero-order valence-electron chi connectivity index (χ0n) is 20.1. The van der Waals surface area contributed by atoms with Crippen LogP contribution in [0.1, 0.15) is 16.7 Å². The molecule has 2 N–H and O–H groups in total. The summed E-state index contributed by atoms with van der Waals surface area (Å²) in [6.07, 6.45) is 0.223. The molecule has 2 atom stereocenters. The lowest BCUT2D eigenvalue weighted by Crippen LogP contribution is -2.48. The lowest BCUT2D eigenvalue weighted by molar-refractivity contribution is 0.0937. The van der Waals surface area contributed by atoms with Crippen molar-refractivity contribution in [2.75, 3.05) is 35.7 Å². The van der Waals surface area contributed by atoms with Gasteiger partial charge in [-0.3, -0.25) is 4.90 Å². The third-order valence-corrected chi connectivity index (χ3v) is 8.03. The highest BCUT2D eigenvalue weighted by molar-refractivity contribution is 7.90. The predicted molar refractivity (Wildman–Crippen MR) is 137 cm³/mol. The summed E-state index contributed by atoms with van der Waals surface area (Å²) in [6, 6.07) is 19.1. The van der Waals surface area contributed by atoms with Gasteiger partial charge in [-0.25, -0.2) is 12.8 Å². The number of anilines is 2. The van der Waals surface area contributed by atoms with Crippen LogP contribution in [-0.4, -0.2) is 61.9 Å². The van der Waals surface area contributed by atoms with Crippen molar-refractivity contribution in [3.05, 3.63) is 89.2 Å². The van der Waals surface area contributed by atoms with Crippen LogP contribution in [0.15, 0.2) is 71.6 Å². The van der Waals surface area contributed by atoms with Crippen LogP contribution in [0.2, 0.25) is 0 Å². The molecule has 2 aliphatic heterocycles. The molecule has 2 heterocycles. The van der Waals surface area contributed by atoms with Crippen molar-refractivity contribution in [2.24, 2.45) is 0 Å². The molecule has 0 spiro atoms. The number of nitrogens with zero attached hydrogens (tertiary/aromatic N) is 3. The highest BCUT2D eigenvalue weighted by Gasteiger charge is 2.36. The average molecular weight is 512 g/mol. The summed E-state index contributed by atoms with van der Waals surface area (Å²) < 4.78 is 37.7. The van der Waals surface area contributed by atoms with Crippen molar-refractivity contribution in [1.82, 2.24) is 4.90 Å². The van der Waals surface area contributed by atoms with Gasteiger partial charge in [-0.15, -0.1) is 0 Å². The molecule has 36 heavy (non-hydrogen) atoms. The Morgan fingerprint density at radius 1 is 0.972 bits per heavy atom. The molecule has 0 bridgehead atoms. The van der Waals surface area contributed by atoms with Gasteiger partial charge in [-0.1, -0.05) is 36.4 Å². The molecule has 0 fully saturated rings. The van der Waals surface area contributed by atoms with E-state index in [1.54, 1.807) is 28.0 Å². The zero-order chi connectivity index (χ0) is 25.4. The number of hydrogen-bond acceptors (Lipinski definition) is 7. The first-order valence-corrected chi connectivity index (χ1v) is 13.9. The van der Waals surface area contributed by atoms with Crippen LogP contribution < -0.4 is 9.80 Å². The Balaban J connectivity index is 1.30. The first kappa shape index (κ1) is 24.7. The topological polar surface area (TPSA) is 84.3 Å². The van der Waals surface area contributed by atoms with E-state index in [1.807, 2.05) is 12.1 Å². The van der Waals surface area contributed by atoms with Crippen LogP contribution in [-0.2, 0) is 29.3 Å². The maximum atomic E-state index is 14.2. The van der Waals surface area contributed by atoms with Crippen LogP contribution in [0.4, 0.5) is 15.8 Å². The van der Waals surface area contributed by atoms with Gasteiger partial charge in [0, 0.05) is 39.0 Å². The molecular weight excluding hydrogens is 481 g/mol. The smallest absolute Gasteiger partial charge is 0.208 e. The summed E-state index contributed by atoms with van der Waals surface area (Å²) in [7, 11) is -3.31. The van der Waals surface area contributed by atoms with E-state index in [4.69, 9.17) is 0 Å². The first-order valence-electron chi connectivity index (χ1n) is 12.0. The molecule has 5 rings (SSSR count). The molecule has 3 aromatic rings. The van der Waals surface area contributed by atoms with E-state index < -0.39 is 28.1 Å². The molecule has 9 heteroatoms. The minimum atomic E-state index is -3.31. The van der Waals surface area contributed by atoms with Crippen molar-refractivity contribution in [3.8, 4) is 0 Å². The Bertz CT molecular complexity index is 1350. The molecule has 0 saturated carbocycles. The number of sulfone groups is 1. The van der Waals surface area contributed by atoms with Crippen molar-refractivity contribution in [3.63, 3.8) is 0 Å². The summed E-state index contributed by atoms with van der Waals surface area (Å²) in [5.74, 6) is -0.424.